The van der Waals surface area contributed by atoms with Crippen LogP contribution in [0, 0.1) is 13.8 Å². The van der Waals surface area contributed by atoms with Crippen molar-refractivity contribution in [3.63, 3.8) is 0 Å². The molecule has 0 saturated carbocycles. The SMILES string of the molecule is CCN=c1cc2oc3cc([N+]CC)c(C)cc3c(-c3ccccc3C(=O)NCCOCCOCC[NH3+])c-2cc1C.O=C(O)C(F)(F)F.O=C(O)C(F)(F)F. The Balaban J connectivity index is 0.000000610. The number of aryl methyl sites for hydroxylation is 2. The molecule has 12 nitrogen and oxygen atoms in total. The third-order valence-corrected chi connectivity index (χ3v) is 7.13. The number of carbonyl (C=O) groups is 3. The molecular weight excluding hydrogens is 730 g/mol. The quantitative estimate of drug-likeness (QED) is 0.0803. The van der Waals surface area contributed by atoms with E-state index in [-0.39, 0.29) is 5.91 Å². The summed E-state index contributed by atoms with van der Waals surface area (Å²) in [7, 11) is 0. The number of carbonyl (C=O) groups excluding carboxylic acids is 1. The van der Waals surface area contributed by atoms with Gasteiger partial charge in [-0.3, -0.25) is 9.79 Å². The minimum Gasteiger partial charge on any atom is -0.475 e. The summed E-state index contributed by atoms with van der Waals surface area (Å²) in [5.41, 5.74) is 10.8. The summed E-state index contributed by atoms with van der Waals surface area (Å²) in [5.74, 6) is -4.95. The minimum atomic E-state index is -5.08. The molecule has 1 amide bonds. The average Bonchev–Trinajstić information content (AvgIpc) is 3.09. The number of hydrogen-bond acceptors (Lipinski definition) is 7. The molecule has 1 aliphatic heterocycles. The first-order valence-corrected chi connectivity index (χ1v) is 16.5. The van der Waals surface area contributed by atoms with Gasteiger partial charge in [0.15, 0.2) is 6.54 Å². The standard InChI is InChI=1S/C32H39N4O4.2C2HF3O2/c1-5-34-27-19-29-25(17-21(27)3)31(26-18-22(4)28(35-6-2)20-30(26)40-29)23-9-7-8-10-24(23)32(37)36-12-14-39-16-15-38-13-11-33;2*3-2(4,5)1(6)7/h7-10,17-20H,5-6,11-16,33H2,1-4H3,(H,36,37);2*(H,6,7)/q+1;;/p+1. The Morgan fingerprint density at radius 1 is 0.852 bits per heavy atom. The van der Waals surface area contributed by atoms with Crippen LogP contribution in [0.25, 0.3) is 33.4 Å². The second kappa shape index (κ2) is 21.0. The highest BCUT2D eigenvalue weighted by Crippen LogP contribution is 2.43. The lowest BCUT2D eigenvalue weighted by Gasteiger charge is -2.19. The van der Waals surface area contributed by atoms with Crippen LogP contribution >= 0.6 is 0 Å². The molecule has 2 aromatic rings. The van der Waals surface area contributed by atoms with Crippen LogP contribution in [0.15, 0.2) is 57.9 Å². The average molecular weight is 773 g/mol. The van der Waals surface area contributed by atoms with Crippen LogP contribution in [0.2, 0.25) is 0 Å². The molecule has 2 radical (unpaired) electrons. The largest absolute Gasteiger partial charge is 0.490 e. The van der Waals surface area contributed by atoms with Crippen LogP contribution in [0.4, 0.5) is 32.0 Å². The van der Waals surface area contributed by atoms with Crippen molar-refractivity contribution in [1.82, 2.24) is 10.6 Å². The smallest absolute Gasteiger partial charge is 0.475 e. The van der Waals surface area contributed by atoms with E-state index >= 15 is 0 Å². The fourth-order valence-corrected chi connectivity index (χ4v) is 4.80. The number of hydrogen-bond donors (Lipinski definition) is 4. The van der Waals surface area contributed by atoms with Crippen LogP contribution in [0.5, 0.6) is 0 Å². The summed E-state index contributed by atoms with van der Waals surface area (Å²) in [6, 6.07) is 15.9. The molecule has 6 N–H and O–H groups in total. The molecule has 0 atom stereocenters. The Hall–Kier alpha value is -5.04. The summed E-state index contributed by atoms with van der Waals surface area (Å²) in [5, 5.41) is 23.7. The topological polar surface area (TPSA) is 189 Å². The Morgan fingerprint density at radius 2 is 1.44 bits per heavy atom. The number of benzene rings is 3. The molecule has 4 rings (SSSR count). The van der Waals surface area contributed by atoms with Gasteiger partial charge in [-0.25, -0.2) is 9.59 Å². The van der Waals surface area contributed by atoms with Gasteiger partial charge in [0.25, 0.3) is 11.6 Å². The molecule has 0 fully saturated rings. The van der Waals surface area contributed by atoms with E-state index in [0.29, 0.717) is 51.6 Å². The maximum Gasteiger partial charge on any atom is 0.490 e. The van der Waals surface area contributed by atoms with Gasteiger partial charge in [0, 0.05) is 46.8 Å². The molecule has 2 aliphatic rings. The van der Waals surface area contributed by atoms with Gasteiger partial charge in [-0.2, -0.15) is 26.3 Å². The van der Waals surface area contributed by atoms with Gasteiger partial charge in [0.1, 0.15) is 16.7 Å². The fourth-order valence-electron chi connectivity index (χ4n) is 4.80. The lowest BCUT2D eigenvalue weighted by atomic mass is 9.89. The van der Waals surface area contributed by atoms with E-state index in [4.69, 9.17) is 33.7 Å². The van der Waals surface area contributed by atoms with Crippen molar-refractivity contribution in [3.8, 4) is 22.5 Å². The first kappa shape index (κ1) is 45.1. The van der Waals surface area contributed by atoms with Gasteiger partial charge in [-0.05, 0) is 57.0 Å². The Morgan fingerprint density at radius 3 is 2.00 bits per heavy atom. The molecule has 18 heteroatoms. The van der Waals surface area contributed by atoms with Crippen molar-refractivity contribution >= 4 is 34.5 Å². The molecule has 2 aromatic carbocycles. The number of fused-ring (bicyclic) bond motifs is 2. The number of nitrogens with zero attached hydrogens (tertiary/aromatic N) is 2. The molecule has 54 heavy (non-hydrogen) atoms. The second-order valence-electron chi connectivity index (χ2n) is 11.2. The first-order valence-electron chi connectivity index (χ1n) is 16.5. The third-order valence-electron chi connectivity index (χ3n) is 7.13. The van der Waals surface area contributed by atoms with Crippen LogP contribution in [-0.4, -0.2) is 93.0 Å². The summed E-state index contributed by atoms with van der Waals surface area (Å²) in [6.07, 6.45) is -10.2. The molecule has 0 bridgehead atoms. The van der Waals surface area contributed by atoms with Crippen molar-refractivity contribution < 1.29 is 70.6 Å². The predicted octanol–water partition coefficient (Wildman–Crippen LogP) is 5.27. The van der Waals surface area contributed by atoms with Crippen molar-refractivity contribution in [3.05, 3.63) is 70.6 Å². The highest BCUT2D eigenvalue weighted by molar-refractivity contribution is 6.09. The Labute approximate surface area is 306 Å². The molecule has 1 heterocycles. The fraction of sp³-hybridized carbons (Fsp3) is 0.389. The van der Waals surface area contributed by atoms with Crippen LogP contribution in [-0.2, 0) is 19.1 Å². The zero-order valence-corrected chi connectivity index (χ0v) is 30.0. The zero-order chi connectivity index (χ0) is 40.6. The van der Waals surface area contributed by atoms with E-state index in [0.717, 1.165) is 62.1 Å². The number of halogens is 6. The number of carboxylic acids is 2. The van der Waals surface area contributed by atoms with Gasteiger partial charge in [0.05, 0.1) is 44.4 Å². The van der Waals surface area contributed by atoms with Gasteiger partial charge < -0.3 is 35.2 Å². The molecule has 294 valence electrons. The maximum atomic E-state index is 13.4. The number of amides is 1. The predicted molar refractivity (Wildman–Crippen MR) is 185 cm³/mol. The molecular formula is C36H42F6N4O8+2. The molecule has 0 spiro atoms. The molecule has 0 saturated heterocycles. The first-order chi connectivity index (χ1) is 25.4. The lowest BCUT2D eigenvalue weighted by Crippen LogP contribution is -2.52. The number of nitrogens with one attached hydrogen (secondary N) is 1. The molecule has 0 aromatic heterocycles. The Kier molecular flexibility index (Phi) is 17.5. The number of ether oxygens (including phenoxy) is 2. The number of alkyl halides is 6. The van der Waals surface area contributed by atoms with Crippen LogP contribution < -0.4 is 21.7 Å². The number of quaternary nitrogens is 1. The normalized spacial score (nSPS) is 11.8. The van der Waals surface area contributed by atoms with Crippen molar-refractivity contribution in [2.45, 2.75) is 40.0 Å². The number of rotatable bonds is 13. The monoisotopic (exact) mass is 772 g/mol. The Bertz CT molecular complexity index is 1890. The lowest BCUT2D eigenvalue weighted by molar-refractivity contribution is -0.374. The number of aliphatic carboxylic acids is 2. The van der Waals surface area contributed by atoms with E-state index in [1.54, 1.807) is 0 Å². The molecule has 1 aliphatic carbocycles. The van der Waals surface area contributed by atoms with E-state index < -0.39 is 24.3 Å². The third kappa shape index (κ3) is 13.4. The van der Waals surface area contributed by atoms with Gasteiger partial charge in [0.2, 0.25) is 0 Å². The summed E-state index contributed by atoms with van der Waals surface area (Å²) in [4.78, 5) is 35.9. The van der Waals surface area contributed by atoms with Crippen molar-refractivity contribution in [2.24, 2.45) is 4.99 Å². The van der Waals surface area contributed by atoms with Crippen LogP contribution in [0.1, 0.15) is 35.3 Å². The van der Waals surface area contributed by atoms with E-state index in [9.17, 15) is 31.1 Å². The van der Waals surface area contributed by atoms with E-state index in [1.165, 1.54) is 0 Å². The second-order valence-corrected chi connectivity index (χ2v) is 11.2. The van der Waals surface area contributed by atoms with Crippen molar-refractivity contribution in [1.29, 1.82) is 0 Å². The van der Waals surface area contributed by atoms with Crippen molar-refractivity contribution in [2.75, 3.05) is 52.6 Å². The van der Waals surface area contributed by atoms with E-state index in [1.807, 2.05) is 50.2 Å². The van der Waals surface area contributed by atoms with E-state index in [2.05, 4.69) is 47.3 Å². The summed E-state index contributed by atoms with van der Waals surface area (Å²) < 4.78 is 80.9. The minimum absolute atomic E-state index is 0.154. The molecule has 0 unspecified atom stereocenters. The maximum absolute atomic E-state index is 13.4. The van der Waals surface area contributed by atoms with Gasteiger partial charge in [-0.1, -0.05) is 18.2 Å². The summed E-state index contributed by atoms with van der Waals surface area (Å²) in [6.45, 7) is 12.7. The number of carboxylic acid groups (broad SMARTS) is 2. The van der Waals surface area contributed by atoms with Gasteiger partial charge >= 0.3 is 24.3 Å². The summed E-state index contributed by atoms with van der Waals surface area (Å²) >= 11 is 0. The zero-order valence-electron chi connectivity index (χ0n) is 30.0. The highest BCUT2D eigenvalue weighted by atomic mass is 19.4. The van der Waals surface area contributed by atoms with Crippen LogP contribution in [0.3, 0.4) is 0 Å². The van der Waals surface area contributed by atoms with Gasteiger partial charge in [-0.15, -0.1) is 0 Å². The highest BCUT2D eigenvalue weighted by Gasteiger charge is 2.39.